The molecule has 1 aromatic rings. The van der Waals surface area contributed by atoms with Gasteiger partial charge in [0, 0.05) is 16.8 Å². The quantitative estimate of drug-likeness (QED) is 0.664. The van der Waals surface area contributed by atoms with E-state index < -0.39 is 0 Å². The average molecular weight is 329 g/mol. The van der Waals surface area contributed by atoms with Crippen LogP contribution in [0.2, 0.25) is 0 Å². The average Bonchev–Trinajstić information content (AvgIpc) is 2.85. The maximum absolute atomic E-state index is 12.4. The van der Waals surface area contributed by atoms with Crippen molar-refractivity contribution >= 4 is 5.78 Å². The summed E-state index contributed by atoms with van der Waals surface area (Å²) in [6, 6.07) is 3.58. The summed E-state index contributed by atoms with van der Waals surface area (Å²) in [6.45, 7) is 1.83. The minimum atomic E-state index is -0.366. The second-order valence-corrected chi connectivity index (χ2v) is 7.96. The van der Waals surface area contributed by atoms with Gasteiger partial charge in [-0.25, -0.2) is 0 Å². The van der Waals surface area contributed by atoms with E-state index in [9.17, 15) is 20.0 Å². The summed E-state index contributed by atoms with van der Waals surface area (Å²) in [5, 5.41) is 21.1. The zero-order chi connectivity index (χ0) is 17.1. The Morgan fingerprint density at radius 2 is 2.08 bits per heavy atom. The molecule has 0 bridgehead atoms. The van der Waals surface area contributed by atoms with Crippen LogP contribution >= 0.6 is 0 Å². The Morgan fingerprint density at radius 3 is 2.83 bits per heavy atom. The van der Waals surface area contributed by atoms with Crippen LogP contribution < -0.4 is 0 Å². The molecule has 2 saturated carbocycles. The van der Waals surface area contributed by atoms with Crippen molar-refractivity contribution < 1.29 is 14.8 Å². The topological polar surface area (TPSA) is 80.4 Å². The Kier molecular flexibility index (Phi) is 3.44. The number of aromatic hydroxyl groups is 1. The zero-order valence-corrected chi connectivity index (χ0v) is 14.0. The molecule has 0 spiro atoms. The monoisotopic (exact) mass is 329 g/mol. The van der Waals surface area contributed by atoms with E-state index >= 15 is 0 Å². The molecule has 3 aliphatic rings. The molecule has 0 heterocycles. The molecule has 128 valence electrons. The fourth-order valence-electron chi connectivity index (χ4n) is 5.81. The third-order valence-corrected chi connectivity index (χ3v) is 7.00. The molecule has 5 heteroatoms. The summed E-state index contributed by atoms with van der Waals surface area (Å²) in [5.41, 5.74) is 2.51. The number of nitrogens with zero attached hydrogens (tertiary/aromatic N) is 1. The summed E-state index contributed by atoms with van der Waals surface area (Å²) in [6.07, 6.45) is 5.33. The van der Waals surface area contributed by atoms with Crippen LogP contribution in [0, 0.1) is 27.4 Å². The largest absolute Gasteiger partial charge is 0.507 e. The lowest BCUT2D eigenvalue weighted by molar-refractivity contribution is -0.497. The zero-order valence-electron chi connectivity index (χ0n) is 14.0. The lowest BCUT2D eigenvalue weighted by Crippen LogP contribution is -2.42. The number of phenolic OH excluding ortho intramolecular Hbond substituents is 1. The lowest BCUT2D eigenvalue weighted by atomic mass is 9.55. The molecule has 3 aliphatic carbocycles. The lowest BCUT2D eigenvalue weighted by Gasteiger charge is -2.48. The van der Waals surface area contributed by atoms with Gasteiger partial charge in [-0.3, -0.25) is 14.9 Å². The smallest absolute Gasteiger partial charge is 0.232 e. The molecule has 1 N–H and O–H groups in total. The van der Waals surface area contributed by atoms with E-state index in [0.29, 0.717) is 35.5 Å². The van der Waals surface area contributed by atoms with E-state index in [-0.39, 0.29) is 22.6 Å². The highest BCUT2D eigenvalue weighted by molar-refractivity contribution is 5.87. The van der Waals surface area contributed by atoms with E-state index in [4.69, 9.17) is 0 Å². The van der Waals surface area contributed by atoms with Crippen LogP contribution in [0.15, 0.2) is 12.1 Å². The second-order valence-electron chi connectivity index (χ2n) is 7.96. The van der Waals surface area contributed by atoms with Crippen LogP contribution in [-0.4, -0.2) is 15.8 Å². The Bertz CT molecular complexity index is 728. The first kappa shape index (κ1) is 15.6. The highest BCUT2D eigenvalue weighted by atomic mass is 16.6. The molecular weight excluding hydrogens is 306 g/mol. The number of phenols is 1. The van der Waals surface area contributed by atoms with Crippen LogP contribution in [0.5, 0.6) is 5.75 Å². The van der Waals surface area contributed by atoms with Gasteiger partial charge in [0.2, 0.25) is 6.54 Å². The number of Topliss-reactive ketones (excluding diaryl/α,β-unsaturated/α-hetero) is 1. The van der Waals surface area contributed by atoms with Crippen molar-refractivity contribution in [2.45, 2.75) is 57.9 Å². The Labute approximate surface area is 141 Å². The second kappa shape index (κ2) is 5.30. The predicted molar refractivity (Wildman–Crippen MR) is 88.4 cm³/mol. The third-order valence-electron chi connectivity index (χ3n) is 7.00. The van der Waals surface area contributed by atoms with Gasteiger partial charge >= 0.3 is 0 Å². The molecule has 0 radical (unpaired) electrons. The van der Waals surface area contributed by atoms with Crippen LogP contribution in [0.1, 0.15) is 61.6 Å². The van der Waals surface area contributed by atoms with E-state index in [1.165, 1.54) is 5.56 Å². The number of fused-ring (bicyclic) bond motifs is 5. The minimum Gasteiger partial charge on any atom is -0.507 e. The standard InChI is InChI=1S/C19H23NO4/c1-19-9-8-13-11-4-6-17(21)15(10-20(23)24)12(11)2-3-14(13)16(19)5-7-18(19)22/h4,6,13-14,16,21H,2-3,5,7-10H2,1H3/t13-,14-,16+,19+/m1/s1. The first-order valence-electron chi connectivity index (χ1n) is 8.90. The van der Waals surface area contributed by atoms with Crippen LogP contribution in [0.4, 0.5) is 0 Å². The van der Waals surface area contributed by atoms with E-state index in [2.05, 4.69) is 6.92 Å². The highest BCUT2D eigenvalue weighted by Crippen LogP contribution is 2.59. The van der Waals surface area contributed by atoms with E-state index in [1.54, 1.807) is 6.07 Å². The van der Waals surface area contributed by atoms with Crippen molar-refractivity contribution in [2.24, 2.45) is 17.3 Å². The summed E-state index contributed by atoms with van der Waals surface area (Å²) in [4.78, 5) is 23.0. The number of benzene rings is 1. The molecule has 0 aromatic heterocycles. The molecule has 1 aromatic carbocycles. The molecule has 4 atom stereocenters. The van der Waals surface area contributed by atoms with Gasteiger partial charge in [0.15, 0.2) is 0 Å². The number of hydrogen-bond acceptors (Lipinski definition) is 4. The SMILES string of the molecule is C[C@]12CC[C@@H]3c4ccc(O)c(C[N+](=O)[O-])c4CC[C@H]3[C@@H]1CCC2=O. The van der Waals surface area contributed by atoms with Gasteiger partial charge in [-0.15, -0.1) is 0 Å². The van der Waals surface area contributed by atoms with Crippen LogP contribution in [0.3, 0.4) is 0 Å². The van der Waals surface area contributed by atoms with Gasteiger partial charge in [-0.05, 0) is 67.1 Å². The predicted octanol–water partition coefficient (Wildman–Crippen LogP) is 3.59. The van der Waals surface area contributed by atoms with Crippen molar-refractivity contribution in [2.75, 3.05) is 0 Å². The fourth-order valence-corrected chi connectivity index (χ4v) is 5.81. The van der Waals surface area contributed by atoms with Gasteiger partial charge in [0.1, 0.15) is 11.5 Å². The van der Waals surface area contributed by atoms with Crippen molar-refractivity contribution in [1.82, 2.24) is 0 Å². The molecule has 0 saturated heterocycles. The van der Waals surface area contributed by atoms with Crippen molar-refractivity contribution in [3.63, 3.8) is 0 Å². The van der Waals surface area contributed by atoms with E-state index in [0.717, 1.165) is 37.7 Å². The van der Waals surface area contributed by atoms with Gasteiger partial charge in [-0.1, -0.05) is 13.0 Å². The number of nitro groups is 1. The fraction of sp³-hybridized carbons (Fsp3) is 0.632. The molecule has 0 amide bonds. The summed E-state index contributed by atoms with van der Waals surface area (Å²) in [5.74, 6) is 1.79. The molecule has 0 unspecified atom stereocenters. The minimum absolute atomic E-state index is 0.0422. The van der Waals surface area contributed by atoms with Gasteiger partial charge in [-0.2, -0.15) is 0 Å². The first-order valence-corrected chi connectivity index (χ1v) is 8.90. The molecule has 2 fully saturated rings. The van der Waals surface area contributed by atoms with Gasteiger partial charge in [0.05, 0.1) is 5.56 Å². The van der Waals surface area contributed by atoms with Crippen molar-refractivity contribution in [3.05, 3.63) is 38.9 Å². The first-order chi connectivity index (χ1) is 11.4. The molecule has 24 heavy (non-hydrogen) atoms. The normalized spacial score (nSPS) is 34.4. The Hall–Kier alpha value is -1.91. The summed E-state index contributed by atoms with van der Waals surface area (Å²) in [7, 11) is 0. The highest BCUT2D eigenvalue weighted by Gasteiger charge is 2.54. The van der Waals surface area contributed by atoms with Crippen LogP contribution in [0.25, 0.3) is 0 Å². The van der Waals surface area contributed by atoms with Crippen molar-refractivity contribution in [1.29, 1.82) is 0 Å². The summed E-state index contributed by atoms with van der Waals surface area (Å²) < 4.78 is 0. The third kappa shape index (κ3) is 2.10. The molecular formula is C19H23NO4. The number of rotatable bonds is 2. The van der Waals surface area contributed by atoms with E-state index in [1.807, 2.05) is 6.07 Å². The van der Waals surface area contributed by atoms with Gasteiger partial charge < -0.3 is 5.11 Å². The maximum Gasteiger partial charge on any atom is 0.232 e. The number of carbonyl (C=O) groups excluding carboxylic acids is 1. The van der Waals surface area contributed by atoms with Gasteiger partial charge in [0.25, 0.3) is 0 Å². The molecule has 4 rings (SSSR count). The maximum atomic E-state index is 12.4. The Balaban J connectivity index is 1.73. The van der Waals surface area contributed by atoms with Crippen LogP contribution in [-0.2, 0) is 17.8 Å². The number of hydrogen-bond donors (Lipinski definition) is 1. The molecule has 5 nitrogen and oxygen atoms in total. The summed E-state index contributed by atoms with van der Waals surface area (Å²) >= 11 is 0. The number of carbonyl (C=O) groups is 1. The number of ketones is 1. The van der Waals surface area contributed by atoms with Crippen molar-refractivity contribution in [3.8, 4) is 5.75 Å². The molecule has 0 aliphatic heterocycles. The Morgan fingerprint density at radius 1 is 1.29 bits per heavy atom.